The average molecular weight is 356 g/mol. The first-order chi connectivity index (χ1) is 12.7. The molecule has 0 radical (unpaired) electrons. The number of carbonyl (C=O) groups is 2. The summed E-state index contributed by atoms with van der Waals surface area (Å²) in [4.78, 5) is 23.5. The molecule has 0 aromatic heterocycles. The minimum atomic E-state index is -0.219. The molecule has 0 saturated carbocycles. The van der Waals surface area contributed by atoms with Crippen molar-refractivity contribution in [3.05, 3.63) is 60.2 Å². The van der Waals surface area contributed by atoms with E-state index in [1.54, 1.807) is 7.11 Å². The van der Waals surface area contributed by atoms with Crippen LogP contribution in [0.15, 0.2) is 54.6 Å². The van der Waals surface area contributed by atoms with Crippen LogP contribution in [-0.4, -0.2) is 38.6 Å². The van der Waals surface area contributed by atoms with Gasteiger partial charge in [-0.05, 0) is 36.2 Å². The lowest BCUT2D eigenvalue weighted by Crippen LogP contribution is -2.38. The number of hydrogen-bond donors (Lipinski definition) is 2. The summed E-state index contributed by atoms with van der Waals surface area (Å²) in [6.45, 7) is 0.731. The van der Waals surface area contributed by atoms with Gasteiger partial charge in [-0.25, -0.2) is 0 Å². The van der Waals surface area contributed by atoms with Crippen molar-refractivity contribution in [2.75, 3.05) is 26.8 Å². The molecule has 2 amide bonds. The van der Waals surface area contributed by atoms with E-state index in [9.17, 15) is 9.59 Å². The van der Waals surface area contributed by atoms with Gasteiger partial charge in [-0.3, -0.25) is 9.59 Å². The Balaban J connectivity index is 1.57. The molecule has 0 aliphatic heterocycles. The van der Waals surface area contributed by atoms with Gasteiger partial charge in [0.15, 0.2) is 0 Å². The van der Waals surface area contributed by atoms with Gasteiger partial charge in [-0.15, -0.1) is 0 Å². The summed E-state index contributed by atoms with van der Waals surface area (Å²) in [5.74, 6) is 1.07. The highest BCUT2D eigenvalue weighted by atomic mass is 16.5. The van der Waals surface area contributed by atoms with Crippen LogP contribution in [0.5, 0.6) is 11.5 Å². The predicted octanol–water partition coefficient (Wildman–Crippen LogP) is 1.94. The maximum Gasteiger partial charge on any atom is 0.239 e. The van der Waals surface area contributed by atoms with Crippen molar-refractivity contribution in [3.8, 4) is 11.5 Å². The molecule has 0 saturated heterocycles. The van der Waals surface area contributed by atoms with Crippen LogP contribution >= 0.6 is 0 Å². The SMILES string of the molecule is COc1cccc(CCNC(=O)CNC(=O)CCOc2ccccc2)c1. The molecule has 6 nitrogen and oxygen atoms in total. The molecule has 2 rings (SSSR count). The Kier molecular flexibility index (Phi) is 7.99. The van der Waals surface area contributed by atoms with Crippen LogP contribution in [0.4, 0.5) is 0 Å². The molecule has 2 N–H and O–H groups in total. The lowest BCUT2D eigenvalue weighted by atomic mass is 10.1. The molecule has 6 heteroatoms. The zero-order chi connectivity index (χ0) is 18.6. The Morgan fingerprint density at radius 1 is 0.923 bits per heavy atom. The largest absolute Gasteiger partial charge is 0.497 e. The molecule has 0 atom stereocenters. The maximum atomic E-state index is 11.8. The highest BCUT2D eigenvalue weighted by Crippen LogP contribution is 2.12. The summed E-state index contributed by atoms with van der Waals surface area (Å²) in [6, 6.07) is 17.0. The number of carbonyl (C=O) groups excluding carboxylic acids is 2. The predicted molar refractivity (Wildman–Crippen MR) is 99.3 cm³/mol. The number of ether oxygens (including phenoxy) is 2. The fraction of sp³-hybridized carbons (Fsp3) is 0.300. The van der Waals surface area contributed by atoms with E-state index < -0.39 is 0 Å². The Morgan fingerprint density at radius 3 is 2.46 bits per heavy atom. The third kappa shape index (κ3) is 7.25. The van der Waals surface area contributed by atoms with Gasteiger partial charge < -0.3 is 20.1 Å². The second-order valence-electron chi connectivity index (χ2n) is 5.64. The lowest BCUT2D eigenvalue weighted by Gasteiger charge is -2.08. The zero-order valence-electron chi connectivity index (χ0n) is 14.9. The van der Waals surface area contributed by atoms with Crippen LogP contribution in [0, 0.1) is 0 Å². The molecular formula is C20H24N2O4. The van der Waals surface area contributed by atoms with E-state index in [-0.39, 0.29) is 31.4 Å². The molecule has 0 fully saturated rings. The molecule has 0 bridgehead atoms. The zero-order valence-corrected chi connectivity index (χ0v) is 14.9. The third-order valence-electron chi connectivity index (χ3n) is 3.66. The smallest absolute Gasteiger partial charge is 0.239 e. The lowest BCUT2D eigenvalue weighted by molar-refractivity contribution is -0.126. The highest BCUT2D eigenvalue weighted by Gasteiger charge is 2.06. The first-order valence-electron chi connectivity index (χ1n) is 8.51. The number of amides is 2. The summed E-state index contributed by atoms with van der Waals surface area (Å²) < 4.78 is 10.6. The van der Waals surface area contributed by atoms with E-state index in [1.807, 2.05) is 54.6 Å². The van der Waals surface area contributed by atoms with Gasteiger partial charge in [-0.1, -0.05) is 30.3 Å². The molecule has 0 aliphatic rings. The van der Waals surface area contributed by atoms with E-state index in [0.717, 1.165) is 17.1 Å². The Labute approximate surface area is 153 Å². The van der Waals surface area contributed by atoms with Crippen molar-refractivity contribution in [2.24, 2.45) is 0 Å². The van der Waals surface area contributed by atoms with Crippen molar-refractivity contribution in [3.63, 3.8) is 0 Å². The van der Waals surface area contributed by atoms with Gasteiger partial charge >= 0.3 is 0 Å². The van der Waals surface area contributed by atoms with E-state index >= 15 is 0 Å². The van der Waals surface area contributed by atoms with Gasteiger partial charge in [0, 0.05) is 6.54 Å². The molecule has 0 unspecified atom stereocenters. The molecule has 0 aliphatic carbocycles. The summed E-state index contributed by atoms with van der Waals surface area (Å²) in [6.07, 6.45) is 0.897. The van der Waals surface area contributed by atoms with Crippen LogP contribution in [0.3, 0.4) is 0 Å². The number of rotatable bonds is 10. The normalized spacial score (nSPS) is 10.0. The summed E-state index contributed by atoms with van der Waals surface area (Å²) in [7, 11) is 1.62. The van der Waals surface area contributed by atoms with Crippen molar-refractivity contribution < 1.29 is 19.1 Å². The van der Waals surface area contributed by atoms with Gasteiger partial charge in [0.1, 0.15) is 11.5 Å². The topological polar surface area (TPSA) is 76.7 Å². The molecule has 2 aromatic rings. The summed E-state index contributed by atoms with van der Waals surface area (Å²) >= 11 is 0. The number of benzene rings is 2. The van der Waals surface area contributed by atoms with Crippen molar-refractivity contribution in [2.45, 2.75) is 12.8 Å². The van der Waals surface area contributed by atoms with Crippen molar-refractivity contribution >= 4 is 11.8 Å². The number of methoxy groups -OCH3 is 1. The Hall–Kier alpha value is -3.02. The van der Waals surface area contributed by atoms with Crippen LogP contribution in [-0.2, 0) is 16.0 Å². The highest BCUT2D eigenvalue weighted by molar-refractivity contribution is 5.84. The number of para-hydroxylation sites is 1. The summed E-state index contributed by atoms with van der Waals surface area (Å²) in [5, 5.41) is 5.36. The first-order valence-corrected chi connectivity index (χ1v) is 8.51. The van der Waals surface area contributed by atoms with E-state index in [0.29, 0.717) is 13.0 Å². The van der Waals surface area contributed by atoms with Gasteiger partial charge in [-0.2, -0.15) is 0 Å². The second kappa shape index (κ2) is 10.8. The molecule has 2 aromatic carbocycles. The van der Waals surface area contributed by atoms with E-state index in [4.69, 9.17) is 9.47 Å². The molecule has 26 heavy (non-hydrogen) atoms. The van der Waals surface area contributed by atoms with Crippen LogP contribution in [0.2, 0.25) is 0 Å². The third-order valence-corrected chi connectivity index (χ3v) is 3.66. The average Bonchev–Trinajstić information content (AvgIpc) is 2.67. The Morgan fingerprint density at radius 2 is 1.69 bits per heavy atom. The van der Waals surface area contributed by atoms with E-state index in [2.05, 4.69) is 10.6 Å². The monoisotopic (exact) mass is 356 g/mol. The second-order valence-corrected chi connectivity index (χ2v) is 5.64. The fourth-order valence-electron chi connectivity index (χ4n) is 2.28. The van der Waals surface area contributed by atoms with Crippen molar-refractivity contribution in [1.29, 1.82) is 0 Å². The maximum absolute atomic E-state index is 11.8. The summed E-state index contributed by atoms with van der Waals surface area (Å²) in [5.41, 5.74) is 1.08. The minimum absolute atomic E-state index is 0.0394. The number of hydrogen-bond acceptors (Lipinski definition) is 4. The number of nitrogens with one attached hydrogen (secondary N) is 2. The van der Waals surface area contributed by atoms with Crippen molar-refractivity contribution in [1.82, 2.24) is 10.6 Å². The van der Waals surface area contributed by atoms with Crippen LogP contribution in [0.1, 0.15) is 12.0 Å². The first kappa shape index (κ1) is 19.3. The minimum Gasteiger partial charge on any atom is -0.497 e. The van der Waals surface area contributed by atoms with Gasteiger partial charge in [0.25, 0.3) is 0 Å². The quantitative estimate of drug-likeness (QED) is 0.682. The fourth-order valence-corrected chi connectivity index (χ4v) is 2.28. The van der Waals surface area contributed by atoms with Crippen LogP contribution in [0.25, 0.3) is 0 Å². The van der Waals surface area contributed by atoms with Gasteiger partial charge in [0.2, 0.25) is 11.8 Å². The standard InChI is InChI=1S/C20H24N2O4/c1-25-18-9-5-6-16(14-18)10-12-21-20(24)15-22-19(23)11-13-26-17-7-3-2-4-8-17/h2-9,14H,10-13,15H2,1H3,(H,21,24)(H,22,23). The van der Waals surface area contributed by atoms with Crippen LogP contribution < -0.4 is 20.1 Å². The Bertz CT molecular complexity index is 704. The molecule has 0 spiro atoms. The molecule has 138 valence electrons. The van der Waals surface area contributed by atoms with E-state index in [1.165, 1.54) is 0 Å². The van der Waals surface area contributed by atoms with Gasteiger partial charge in [0.05, 0.1) is 26.7 Å². The molecular weight excluding hydrogens is 332 g/mol. The molecule has 0 heterocycles.